The van der Waals surface area contributed by atoms with Gasteiger partial charge in [-0.15, -0.1) is 0 Å². The molecule has 0 saturated heterocycles. The summed E-state index contributed by atoms with van der Waals surface area (Å²) in [6.45, 7) is 8.44. The molecule has 19 heavy (non-hydrogen) atoms. The van der Waals surface area contributed by atoms with Crippen LogP contribution >= 0.6 is 0 Å². The van der Waals surface area contributed by atoms with Crippen molar-refractivity contribution in [1.29, 1.82) is 0 Å². The Labute approximate surface area is 112 Å². The van der Waals surface area contributed by atoms with Crippen molar-refractivity contribution >= 4 is 11.0 Å². The molecule has 2 aromatic rings. The number of ether oxygens (including phenoxy) is 2. The van der Waals surface area contributed by atoms with Crippen LogP contribution in [0, 0.1) is 0 Å². The molecule has 2 heterocycles. The smallest absolute Gasteiger partial charge is 0.231 e. The zero-order valence-corrected chi connectivity index (χ0v) is 11.6. The Kier molecular flexibility index (Phi) is 3.11. The minimum atomic E-state index is 0.295. The summed E-state index contributed by atoms with van der Waals surface area (Å²) >= 11 is 0. The molecule has 1 N–H and O–H groups in total. The summed E-state index contributed by atoms with van der Waals surface area (Å²) < 4.78 is 16.8. The molecule has 1 aromatic heterocycles. The quantitative estimate of drug-likeness (QED) is 0.916. The predicted octanol–water partition coefficient (Wildman–Crippen LogP) is 3.39. The SMILES string of the molecule is CCNCc1oc2cc3c(cc2c1C(C)C)OCO3. The van der Waals surface area contributed by atoms with E-state index in [4.69, 9.17) is 13.9 Å². The Morgan fingerprint density at radius 1 is 1.21 bits per heavy atom. The van der Waals surface area contributed by atoms with Crippen molar-refractivity contribution in [2.24, 2.45) is 0 Å². The molecule has 0 unspecified atom stereocenters. The molecule has 0 atom stereocenters. The molecule has 0 amide bonds. The minimum Gasteiger partial charge on any atom is -0.459 e. The fourth-order valence-corrected chi connectivity index (χ4v) is 2.56. The third-order valence-corrected chi connectivity index (χ3v) is 3.41. The molecule has 1 aliphatic rings. The average molecular weight is 261 g/mol. The molecule has 0 aliphatic carbocycles. The molecular weight excluding hydrogens is 242 g/mol. The first-order valence-corrected chi connectivity index (χ1v) is 6.76. The Balaban J connectivity index is 2.13. The zero-order valence-electron chi connectivity index (χ0n) is 11.6. The highest BCUT2D eigenvalue weighted by Crippen LogP contribution is 2.41. The van der Waals surface area contributed by atoms with Crippen molar-refractivity contribution in [2.45, 2.75) is 33.2 Å². The van der Waals surface area contributed by atoms with Crippen LogP contribution in [0.4, 0.5) is 0 Å². The first-order chi connectivity index (χ1) is 9.20. The number of hydrogen-bond acceptors (Lipinski definition) is 4. The molecule has 1 aromatic carbocycles. The highest BCUT2D eigenvalue weighted by molar-refractivity contribution is 5.86. The van der Waals surface area contributed by atoms with Crippen LogP contribution in [0.5, 0.6) is 11.5 Å². The van der Waals surface area contributed by atoms with Crippen LogP contribution in [-0.4, -0.2) is 13.3 Å². The van der Waals surface area contributed by atoms with Crippen LogP contribution in [0.2, 0.25) is 0 Å². The van der Waals surface area contributed by atoms with Crippen LogP contribution in [-0.2, 0) is 6.54 Å². The van der Waals surface area contributed by atoms with Gasteiger partial charge in [0.25, 0.3) is 0 Å². The van der Waals surface area contributed by atoms with Crippen LogP contribution in [0.1, 0.15) is 38.0 Å². The van der Waals surface area contributed by atoms with Gasteiger partial charge in [0.15, 0.2) is 11.5 Å². The van der Waals surface area contributed by atoms with Gasteiger partial charge in [-0.1, -0.05) is 20.8 Å². The van der Waals surface area contributed by atoms with Crippen molar-refractivity contribution < 1.29 is 13.9 Å². The standard InChI is InChI=1S/C15H19NO3/c1-4-16-7-14-15(9(2)3)10-5-12-13(18-8-17-12)6-11(10)19-14/h5-6,9,16H,4,7-8H2,1-3H3. The maximum atomic E-state index is 5.99. The van der Waals surface area contributed by atoms with E-state index in [9.17, 15) is 0 Å². The van der Waals surface area contributed by atoms with E-state index in [1.807, 2.05) is 12.1 Å². The number of rotatable bonds is 4. The average Bonchev–Trinajstić information content (AvgIpc) is 2.95. The third kappa shape index (κ3) is 2.06. The van der Waals surface area contributed by atoms with Gasteiger partial charge in [0.2, 0.25) is 6.79 Å². The summed E-state index contributed by atoms with van der Waals surface area (Å²) in [4.78, 5) is 0. The number of benzene rings is 1. The van der Waals surface area contributed by atoms with E-state index in [0.29, 0.717) is 12.7 Å². The summed E-state index contributed by atoms with van der Waals surface area (Å²) in [5.41, 5.74) is 2.13. The summed E-state index contributed by atoms with van der Waals surface area (Å²) in [7, 11) is 0. The molecule has 0 spiro atoms. The maximum absolute atomic E-state index is 5.99. The maximum Gasteiger partial charge on any atom is 0.231 e. The molecule has 1 aliphatic heterocycles. The highest BCUT2D eigenvalue weighted by Gasteiger charge is 2.22. The lowest BCUT2D eigenvalue weighted by atomic mass is 9.99. The molecule has 0 fully saturated rings. The third-order valence-electron chi connectivity index (χ3n) is 3.41. The molecule has 4 heteroatoms. The summed E-state index contributed by atoms with van der Waals surface area (Å²) in [6.07, 6.45) is 0. The number of hydrogen-bond donors (Lipinski definition) is 1. The van der Waals surface area contributed by atoms with Crippen LogP contribution in [0.25, 0.3) is 11.0 Å². The summed E-state index contributed by atoms with van der Waals surface area (Å²) in [6, 6.07) is 3.96. The van der Waals surface area contributed by atoms with E-state index >= 15 is 0 Å². The zero-order chi connectivity index (χ0) is 13.4. The molecule has 0 radical (unpaired) electrons. The van der Waals surface area contributed by atoms with Crippen molar-refractivity contribution in [3.63, 3.8) is 0 Å². The highest BCUT2D eigenvalue weighted by atomic mass is 16.7. The Morgan fingerprint density at radius 3 is 2.63 bits per heavy atom. The number of nitrogens with one attached hydrogen (secondary N) is 1. The van der Waals surface area contributed by atoms with E-state index < -0.39 is 0 Å². The van der Waals surface area contributed by atoms with Gasteiger partial charge in [-0.25, -0.2) is 0 Å². The summed E-state index contributed by atoms with van der Waals surface area (Å²) in [5.74, 6) is 3.00. The van der Waals surface area contributed by atoms with Crippen molar-refractivity contribution in [2.75, 3.05) is 13.3 Å². The lowest BCUT2D eigenvalue weighted by molar-refractivity contribution is 0.174. The van der Waals surface area contributed by atoms with Gasteiger partial charge < -0.3 is 19.2 Å². The van der Waals surface area contributed by atoms with E-state index in [2.05, 4.69) is 26.1 Å². The number of fused-ring (bicyclic) bond motifs is 2. The van der Waals surface area contributed by atoms with E-state index in [1.165, 1.54) is 5.56 Å². The van der Waals surface area contributed by atoms with Crippen molar-refractivity contribution in [3.05, 3.63) is 23.5 Å². The largest absolute Gasteiger partial charge is 0.459 e. The summed E-state index contributed by atoms with van der Waals surface area (Å²) in [5, 5.41) is 4.45. The monoisotopic (exact) mass is 261 g/mol. The molecule has 102 valence electrons. The first kappa shape index (κ1) is 12.4. The van der Waals surface area contributed by atoms with Gasteiger partial charge in [0, 0.05) is 17.0 Å². The van der Waals surface area contributed by atoms with Gasteiger partial charge in [0.05, 0.1) is 6.54 Å². The van der Waals surface area contributed by atoms with Gasteiger partial charge in [-0.05, 0) is 18.5 Å². The van der Waals surface area contributed by atoms with Gasteiger partial charge in [-0.2, -0.15) is 0 Å². The first-order valence-electron chi connectivity index (χ1n) is 6.76. The lowest BCUT2D eigenvalue weighted by Crippen LogP contribution is -2.12. The Hall–Kier alpha value is -1.68. The normalized spacial score (nSPS) is 13.7. The Morgan fingerprint density at radius 2 is 1.95 bits per heavy atom. The number of furan rings is 1. The van der Waals surface area contributed by atoms with Crippen LogP contribution in [0.15, 0.2) is 16.5 Å². The van der Waals surface area contributed by atoms with E-state index in [1.54, 1.807) is 0 Å². The van der Waals surface area contributed by atoms with Gasteiger partial charge in [0.1, 0.15) is 11.3 Å². The topological polar surface area (TPSA) is 43.6 Å². The van der Waals surface area contributed by atoms with Gasteiger partial charge >= 0.3 is 0 Å². The second-order valence-corrected chi connectivity index (χ2v) is 5.08. The van der Waals surface area contributed by atoms with E-state index in [0.717, 1.165) is 41.3 Å². The van der Waals surface area contributed by atoms with Crippen molar-refractivity contribution in [1.82, 2.24) is 5.32 Å². The van der Waals surface area contributed by atoms with Gasteiger partial charge in [-0.3, -0.25) is 0 Å². The molecule has 0 saturated carbocycles. The molecule has 3 rings (SSSR count). The second kappa shape index (κ2) is 4.78. The molecule has 0 bridgehead atoms. The van der Waals surface area contributed by atoms with Crippen LogP contribution in [0.3, 0.4) is 0 Å². The van der Waals surface area contributed by atoms with Crippen molar-refractivity contribution in [3.8, 4) is 11.5 Å². The molecular formula is C15H19NO3. The predicted molar refractivity (Wildman–Crippen MR) is 73.8 cm³/mol. The van der Waals surface area contributed by atoms with Crippen LogP contribution < -0.4 is 14.8 Å². The fraction of sp³-hybridized carbons (Fsp3) is 0.467. The second-order valence-electron chi connectivity index (χ2n) is 5.08. The van der Waals surface area contributed by atoms with E-state index in [-0.39, 0.29) is 0 Å². The fourth-order valence-electron chi connectivity index (χ4n) is 2.56. The molecule has 4 nitrogen and oxygen atoms in total. The Bertz CT molecular complexity index is 601. The minimum absolute atomic E-state index is 0.295. The lowest BCUT2D eigenvalue weighted by Gasteiger charge is -2.06.